The van der Waals surface area contributed by atoms with Gasteiger partial charge in [-0.15, -0.1) is 0 Å². The molecule has 1 fully saturated rings. The normalized spacial score (nSPS) is 20.1. The monoisotopic (exact) mass is 370 g/mol. The molecule has 4 rings (SSSR count). The summed E-state index contributed by atoms with van der Waals surface area (Å²) >= 11 is 0. The van der Waals surface area contributed by atoms with Crippen LogP contribution in [0.15, 0.2) is 24.3 Å². The lowest BCUT2D eigenvalue weighted by molar-refractivity contribution is 0.0688. The minimum atomic E-state index is 0.000196. The van der Waals surface area contributed by atoms with Crippen LogP contribution in [0.5, 0.6) is 5.75 Å². The summed E-state index contributed by atoms with van der Waals surface area (Å²) < 4.78 is 12.8. The highest BCUT2D eigenvalue weighted by Gasteiger charge is 2.31. The second-order valence-electron chi connectivity index (χ2n) is 7.09. The molecule has 0 aliphatic carbocycles. The molecule has 1 N–H and O–H groups in total. The van der Waals surface area contributed by atoms with Crippen LogP contribution in [0.1, 0.15) is 35.1 Å². The number of amides is 1. The van der Waals surface area contributed by atoms with Gasteiger partial charge in [0.15, 0.2) is 5.69 Å². The van der Waals surface area contributed by atoms with Crippen LogP contribution in [-0.4, -0.2) is 60.0 Å². The predicted octanol–water partition coefficient (Wildman–Crippen LogP) is 1.78. The van der Waals surface area contributed by atoms with E-state index in [4.69, 9.17) is 14.6 Å². The highest BCUT2D eigenvalue weighted by atomic mass is 16.5. The number of nitrogens with zero attached hydrogens (tertiary/aromatic N) is 3. The maximum Gasteiger partial charge on any atom is 0.275 e. The van der Waals surface area contributed by atoms with Gasteiger partial charge in [-0.1, -0.05) is 0 Å². The molecule has 0 saturated carbocycles. The Bertz CT molecular complexity index is 815. The quantitative estimate of drug-likeness (QED) is 0.892. The molecule has 1 unspecified atom stereocenters. The molecule has 2 aliphatic heterocycles. The summed E-state index contributed by atoms with van der Waals surface area (Å²) in [6, 6.07) is 7.90. The molecule has 2 aliphatic rings. The number of aromatic nitrogens is 2. The van der Waals surface area contributed by atoms with E-state index in [0.29, 0.717) is 18.9 Å². The molecule has 7 nitrogen and oxygen atoms in total. The van der Waals surface area contributed by atoms with E-state index < -0.39 is 0 Å². The number of methoxy groups -OCH3 is 1. The number of rotatable bonds is 3. The first kappa shape index (κ1) is 18.0. The molecule has 7 heteroatoms. The van der Waals surface area contributed by atoms with E-state index >= 15 is 0 Å². The first-order valence-corrected chi connectivity index (χ1v) is 9.53. The Morgan fingerprint density at radius 3 is 2.93 bits per heavy atom. The van der Waals surface area contributed by atoms with Gasteiger partial charge in [-0.25, -0.2) is 4.68 Å². The minimum absolute atomic E-state index is 0.000196. The Balaban J connectivity index is 1.72. The third-order valence-corrected chi connectivity index (χ3v) is 5.32. The molecule has 27 heavy (non-hydrogen) atoms. The van der Waals surface area contributed by atoms with E-state index in [0.717, 1.165) is 55.2 Å². The lowest BCUT2D eigenvalue weighted by Gasteiger charge is -2.26. The van der Waals surface area contributed by atoms with E-state index in [-0.39, 0.29) is 11.9 Å². The average Bonchev–Trinajstić information content (AvgIpc) is 2.96. The fraction of sp³-hybridized carbons (Fsp3) is 0.500. The van der Waals surface area contributed by atoms with Crippen LogP contribution in [0.4, 0.5) is 0 Å². The number of carbonyl (C=O) groups excluding carboxylic acids is 1. The van der Waals surface area contributed by atoms with Gasteiger partial charge in [-0.3, -0.25) is 4.79 Å². The van der Waals surface area contributed by atoms with Gasteiger partial charge in [0.1, 0.15) is 5.75 Å². The SMILES string of the molecule is COc1ccc(-n2nc(C(=O)N3CCCNCC3C)c3c2CCOC3)cc1. The third-order valence-electron chi connectivity index (χ3n) is 5.32. The van der Waals surface area contributed by atoms with Crippen molar-refractivity contribution in [2.24, 2.45) is 0 Å². The number of hydrogen-bond donors (Lipinski definition) is 1. The fourth-order valence-electron chi connectivity index (χ4n) is 3.80. The van der Waals surface area contributed by atoms with Gasteiger partial charge in [0, 0.05) is 31.1 Å². The van der Waals surface area contributed by atoms with Gasteiger partial charge in [0.2, 0.25) is 0 Å². The third kappa shape index (κ3) is 3.44. The number of benzene rings is 1. The van der Waals surface area contributed by atoms with Crippen molar-refractivity contribution in [3.05, 3.63) is 41.2 Å². The molecule has 1 amide bonds. The molecule has 1 aromatic carbocycles. The van der Waals surface area contributed by atoms with Crippen molar-refractivity contribution < 1.29 is 14.3 Å². The summed E-state index contributed by atoms with van der Waals surface area (Å²) in [5.41, 5.74) is 3.44. The Morgan fingerprint density at radius 2 is 2.15 bits per heavy atom. The Kier molecular flexibility index (Phi) is 5.13. The fourth-order valence-corrected chi connectivity index (χ4v) is 3.80. The highest BCUT2D eigenvalue weighted by Crippen LogP contribution is 2.26. The molecule has 0 radical (unpaired) electrons. The molecular formula is C20H26N4O3. The standard InChI is InChI=1S/C20H26N4O3/c1-14-12-21-9-3-10-23(14)20(25)19-17-13-27-11-8-18(17)24(22-19)15-4-6-16(26-2)7-5-15/h4-7,14,21H,3,8-13H2,1-2H3. The van der Waals surface area contributed by atoms with E-state index in [2.05, 4.69) is 12.2 Å². The maximum absolute atomic E-state index is 13.3. The molecule has 144 valence electrons. The first-order chi connectivity index (χ1) is 13.2. The molecule has 1 atom stereocenters. The second kappa shape index (κ2) is 7.70. The summed E-state index contributed by atoms with van der Waals surface area (Å²) in [6.45, 7) is 5.66. The van der Waals surface area contributed by atoms with Gasteiger partial charge >= 0.3 is 0 Å². The molecular weight excluding hydrogens is 344 g/mol. The van der Waals surface area contributed by atoms with Crippen molar-refractivity contribution >= 4 is 5.91 Å². The zero-order valence-corrected chi connectivity index (χ0v) is 15.9. The van der Waals surface area contributed by atoms with Crippen LogP contribution in [0.3, 0.4) is 0 Å². The van der Waals surface area contributed by atoms with Crippen LogP contribution < -0.4 is 10.1 Å². The van der Waals surface area contributed by atoms with Crippen LogP contribution >= 0.6 is 0 Å². The molecule has 3 heterocycles. The number of fused-ring (bicyclic) bond motifs is 1. The van der Waals surface area contributed by atoms with Gasteiger partial charge in [0.05, 0.1) is 31.7 Å². The molecule has 1 saturated heterocycles. The topological polar surface area (TPSA) is 68.6 Å². The zero-order valence-electron chi connectivity index (χ0n) is 15.9. The summed E-state index contributed by atoms with van der Waals surface area (Å²) in [5.74, 6) is 0.797. The van der Waals surface area contributed by atoms with E-state index in [9.17, 15) is 4.79 Å². The Labute approximate surface area is 159 Å². The molecule has 1 aromatic heterocycles. The van der Waals surface area contributed by atoms with E-state index in [1.54, 1.807) is 7.11 Å². The van der Waals surface area contributed by atoms with Gasteiger partial charge in [-0.2, -0.15) is 5.10 Å². The largest absolute Gasteiger partial charge is 0.497 e. The summed E-state index contributed by atoms with van der Waals surface area (Å²) in [5, 5.41) is 8.12. The van der Waals surface area contributed by atoms with Crippen molar-refractivity contribution in [3.63, 3.8) is 0 Å². The lowest BCUT2D eigenvalue weighted by atomic mass is 10.1. The highest BCUT2D eigenvalue weighted by molar-refractivity contribution is 5.94. The molecule has 0 spiro atoms. The van der Waals surface area contributed by atoms with Crippen LogP contribution in [-0.2, 0) is 17.8 Å². The maximum atomic E-state index is 13.3. The van der Waals surface area contributed by atoms with Gasteiger partial charge < -0.3 is 19.7 Å². The summed E-state index contributed by atoms with van der Waals surface area (Å²) in [4.78, 5) is 15.3. The van der Waals surface area contributed by atoms with Crippen molar-refractivity contribution in [2.75, 3.05) is 33.4 Å². The van der Waals surface area contributed by atoms with Crippen LogP contribution in [0, 0.1) is 0 Å². The summed E-state index contributed by atoms with van der Waals surface area (Å²) in [7, 11) is 1.65. The minimum Gasteiger partial charge on any atom is -0.497 e. The number of hydrogen-bond acceptors (Lipinski definition) is 5. The Hall–Kier alpha value is -2.38. The summed E-state index contributed by atoms with van der Waals surface area (Å²) in [6.07, 6.45) is 1.70. The van der Waals surface area contributed by atoms with E-state index in [1.165, 1.54) is 0 Å². The van der Waals surface area contributed by atoms with Crippen LogP contribution in [0.2, 0.25) is 0 Å². The van der Waals surface area contributed by atoms with Crippen molar-refractivity contribution in [1.29, 1.82) is 0 Å². The van der Waals surface area contributed by atoms with Crippen LogP contribution in [0.25, 0.3) is 5.69 Å². The predicted molar refractivity (Wildman–Crippen MR) is 101 cm³/mol. The lowest BCUT2D eigenvalue weighted by Crippen LogP contribution is -2.42. The van der Waals surface area contributed by atoms with Crippen molar-refractivity contribution in [2.45, 2.75) is 32.4 Å². The molecule has 0 bridgehead atoms. The Morgan fingerprint density at radius 1 is 1.33 bits per heavy atom. The second-order valence-corrected chi connectivity index (χ2v) is 7.09. The number of carbonyl (C=O) groups is 1. The zero-order chi connectivity index (χ0) is 18.8. The number of nitrogens with one attached hydrogen (secondary N) is 1. The van der Waals surface area contributed by atoms with Crippen molar-refractivity contribution in [3.8, 4) is 11.4 Å². The van der Waals surface area contributed by atoms with Gasteiger partial charge in [-0.05, 0) is 44.2 Å². The van der Waals surface area contributed by atoms with E-state index in [1.807, 2.05) is 33.8 Å². The smallest absolute Gasteiger partial charge is 0.275 e. The molecule has 2 aromatic rings. The van der Waals surface area contributed by atoms with Gasteiger partial charge in [0.25, 0.3) is 5.91 Å². The van der Waals surface area contributed by atoms with Crippen molar-refractivity contribution in [1.82, 2.24) is 20.0 Å². The number of ether oxygens (including phenoxy) is 2. The first-order valence-electron chi connectivity index (χ1n) is 9.53. The average molecular weight is 370 g/mol.